The maximum absolute atomic E-state index is 13.9. The van der Waals surface area contributed by atoms with Gasteiger partial charge in [0.25, 0.3) is 5.91 Å². The fourth-order valence-electron chi connectivity index (χ4n) is 4.83. The highest BCUT2D eigenvalue weighted by atomic mass is 79.9. The van der Waals surface area contributed by atoms with E-state index in [9.17, 15) is 9.59 Å². The molecule has 2 aliphatic heterocycles. The summed E-state index contributed by atoms with van der Waals surface area (Å²) in [5, 5.41) is 3.77. The number of carbonyl (C=O) groups is 2. The number of imide groups is 1. The van der Waals surface area contributed by atoms with E-state index in [4.69, 9.17) is 23.2 Å². The van der Waals surface area contributed by atoms with Crippen LogP contribution in [0.5, 0.6) is 0 Å². The lowest BCUT2D eigenvalue weighted by Crippen LogP contribution is -2.53. The number of hydrogen-bond acceptors (Lipinski definition) is 3. The van der Waals surface area contributed by atoms with Crippen LogP contribution in [0.3, 0.4) is 0 Å². The number of nitrogens with one attached hydrogen (secondary N) is 1. The molecule has 2 aliphatic rings. The maximum atomic E-state index is 13.9. The molecule has 0 radical (unpaired) electrons. The maximum Gasteiger partial charge on any atom is 0.329 e. The van der Waals surface area contributed by atoms with Crippen molar-refractivity contribution in [3.05, 3.63) is 98.4 Å². The van der Waals surface area contributed by atoms with E-state index in [2.05, 4.69) is 38.3 Å². The molecule has 5 nitrogen and oxygen atoms in total. The topological polar surface area (TPSA) is 52.7 Å². The summed E-state index contributed by atoms with van der Waals surface area (Å²) in [6.45, 7) is 1.71. The van der Waals surface area contributed by atoms with E-state index in [1.54, 1.807) is 18.2 Å². The Morgan fingerprint density at radius 1 is 0.970 bits per heavy atom. The van der Waals surface area contributed by atoms with Crippen molar-refractivity contribution in [1.82, 2.24) is 10.2 Å². The van der Waals surface area contributed by atoms with Crippen molar-refractivity contribution in [2.24, 2.45) is 0 Å². The van der Waals surface area contributed by atoms with Crippen LogP contribution in [-0.2, 0) is 11.3 Å². The van der Waals surface area contributed by atoms with Gasteiger partial charge in [0.2, 0.25) is 0 Å². The smallest absolute Gasteiger partial charge is 0.321 e. The molecule has 0 aromatic heterocycles. The summed E-state index contributed by atoms with van der Waals surface area (Å²) in [6.07, 6.45) is 0. The summed E-state index contributed by atoms with van der Waals surface area (Å²) in [6, 6.07) is 22.3. The summed E-state index contributed by atoms with van der Waals surface area (Å²) in [4.78, 5) is 30.5. The van der Waals surface area contributed by atoms with Crippen LogP contribution in [0.2, 0.25) is 10.0 Å². The Kier molecular flexibility index (Phi) is 5.95. The molecule has 2 heterocycles. The van der Waals surface area contributed by atoms with Gasteiger partial charge in [0.05, 0.1) is 5.69 Å². The van der Waals surface area contributed by atoms with E-state index < -0.39 is 11.6 Å². The molecule has 8 heteroatoms. The first-order chi connectivity index (χ1) is 15.9. The predicted octanol–water partition coefficient (Wildman–Crippen LogP) is 5.85. The minimum absolute atomic E-state index is 0.217. The van der Waals surface area contributed by atoms with Gasteiger partial charge in [0.1, 0.15) is 5.54 Å². The number of halogens is 3. The normalized spacial score (nSPS) is 22.9. The van der Waals surface area contributed by atoms with Crippen LogP contribution in [0.4, 0.5) is 10.5 Å². The second-order valence-electron chi connectivity index (χ2n) is 8.43. The van der Waals surface area contributed by atoms with Crippen LogP contribution in [0.1, 0.15) is 17.0 Å². The van der Waals surface area contributed by atoms with Gasteiger partial charge in [0, 0.05) is 40.1 Å². The van der Waals surface area contributed by atoms with Crippen molar-refractivity contribution < 1.29 is 9.59 Å². The Bertz CT molecular complexity index is 1200. The van der Waals surface area contributed by atoms with Gasteiger partial charge >= 0.3 is 6.03 Å². The van der Waals surface area contributed by atoms with Crippen LogP contribution in [0.25, 0.3) is 0 Å². The molecule has 3 amide bonds. The van der Waals surface area contributed by atoms with Crippen LogP contribution in [0.15, 0.2) is 77.3 Å². The highest BCUT2D eigenvalue weighted by Crippen LogP contribution is 2.42. The molecule has 0 bridgehead atoms. The number of urea groups is 1. The van der Waals surface area contributed by atoms with Crippen LogP contribution in [-0.4, -0.2) is 35.5 Å². The lowest BCUT2D eigenvalue weighted by molar-refractivity contribution is -0.122. The van der Waals surface area contributed by atoms with E-state index in [-0.39, 0.29) is 11.8 Å². The predicted molar refractivity (Wildman–Crippen MR) is 134 cm³/mol. The lowest BCUT2D eigenvalue weighted by Gasteiger charge is -2.28. The van der Waals surface area contributed by atoms with E-state index in [1.165, 1.54) is 0 Å². The molecule has 0 saturated carbocycles. The molecular formula is C25H20BrCl2N3O2. The van der Waals surface area contributed by atoms with E-state index in [0.29, 0.717) is 35.4 Å². The molecule has 1 N–H and O–H groups in total. The van der Waals surface area contributed by atoms with Crippen molar-refractivity contribution in [3.63, 3.8) is 0 Å². The van der Waals surface area contributed by atoms with Crippen molar-refractivity contribution in [3.8, 4) is 0 Å². The van der Waals surface area contributed by atoms with Gasteiger partial charge in [-0.2, -0.15) is 0 Å². The molecule has 33 heavy (non-hydrogen) atoms. The van der Waals surface area contributed by atoms with Gasteiger partial charge in [-0.15, -0.1) is 0 Å². The number of carbonyl (C=O) groups excluding carboxylic acids is 2. The molecule has 168 valence electrons. The minimum Gasteiger partial charge on any atom is -0.321 e. The molecule has 3 aromatic carbocycles. The van der Waals surface area contributed by atoms with Crippen molar-refractivity contribution in [2.45, 2.75) is 18.0 Å². The Balaban J connectivity index is 1.54. The molecule has 5 rings (SSSR count). The average Bonchev–Trinajstić information content (AvgIpc) is 3.25. The minimum atomic E-state index is -1.09. The third-order valence-electron chi connectivity index (χ3n) is 6.25. The van der Waals surface area contributed by atoms with E-state index in [1.807, 2.05) is 42.5 Å². The monoisotopic (exact) mass is 543 g/mol. The van der Waals surface area contributed by atoms with E-state index >= 15 is 0 Å². The summed E-state index contributed by atoms with van der Waals surface area (Å²) in [5.41, 5.74) is 1.42. The first-order valence-electron chi connectivity index (χ1n) is 10.5. The van der Waals surface area contributed by atoms with Crippen molar-refractivity contribution >= 4 is 56.8 Å². The Morgan fingerprint density at radius 3 is 2.30 bits per heavy atom. The molecular weight excluding hydrogens is 525 g/mol. The highest BCUT2D eigenvalue weighted by Gasteiger charge is 2.60. The fraction of sp³-hybridized carbons (Fsp3) is 0.200. The van der Waals surface area contributed by atoms with Crippen molar-refractivity contribution in [2.75, 3.05) is 18.0 Å². The molecule has 3 aromatic rings. The van der Waals surface area contributed by atoms with Crippen LogP contribution in [0, 0.1) is 0 Å². The zero-order valence-electron chi connectivity index (χ0n) is 17.5. The summed E-state index contributed by atoms with van der Waals surface area (Å²) < 4.78 is 0.955. The highest BCUT2D eigenvalue weighted by molar-refractivity contribution is 9.10. The van der Waals surface area contributed by atoms with Gasteiger partial charge < -0.3 is 5.32 Å². The number of benzene rings is 3. The zero-order valence-corrected chi connectivity index (χ0v) is 20.6. The lowest BCUT2D eigenvalue weighted by atomic mass is 9.82. The summed E-state index contributed by atoms with van der Waals surface area (Å²) in [5.74, 6) is -0.514. The van der Waals surface area contributed by atoms with Gasteiger partial charge in [-0.05, 0) is 41.5 Å². The fourth-order valence-corrected chi connectivity index (χ4v) is 5.61. The zero-order chi connectivity index (χ0) is 23.2. The number of likely N-dealkylation sites (tertiary alicyclic amines) is 1. The molecule has 0 aliphatic carbocycles. The third kappa shape index (κ3) is 4.17. The summed E-state index contributed by atoms with van der Waals surface area (Å²) in [7, 11) is 0. The van der Waals surface area contributed by atoms with E-state index in [0.717, 1.165) is 20.5 Å². The SMILES string of the molecule is O=C1N[C@@]2(CN(Cc3ccccc3)C[C@@H]2c2ccc(Br)cc2)C(=O)N1c1cc(Cl)cc(Cl)c1. The number of nitrogens with zero attached hydrogens (tertiary/aromatic N) is 2. The Morgan fingerprint density at radius 2 is 1.64 bits per heavy atom. The largest absolute Gasteiger partial charge is 0.329 e. The second-order valence-corrected chi connectivity index (χ2v) is 10.2. The van der Waals surface area contributed by atoms with Gasteiger partial charge in [-0.3, -0.25) is 9.69 Å². The van der Waals surface area contributed by atoms with Crippen LogP contribution >= 0.6 is 39.1 Å². The number of rotatable bonds is 4. The molecule has 2 fully saturated rings. The standard InChI is InChI=1S/C25H20BrCl2N3O2/c26-18-8-6-17(7-9-18)22-14-30(13-16-4-2-1-3-5-16)15-25(22)23(32)31(24(33)29-25)21-11-19(27)10-20(28)12-21/h1-12,22H,13-15H2,(H,29,33)/t22-,25-/m1/s1. The average molecular weight is 545 g/mol. The number of hydrogen-bond donors (Lipinski definition) is 1. The Hall–Kier alpha value is -2.38. The Labute approximate surface area is 210 Å². The molecule has 0 unspecified atom stereocenters. The van der Waals surface area contributed by atoms with Gasteiger partial charge in [0.15, 0.2) is 0 Å². The molecule has 2 saturated heterocycles. The first kappa shape index (κ1) is 22.4. The number of amides is 3. The van der Waals surface area contributed by atoms with Crippen molar-refractivity contribution in [1.29, 1.82) is 0 Å². The van der Waals surface area contributed by atoms with Gasteiger partial charge in [-0.1, -0.05) is 81.6 Å². The second kappa shape index (κ2) is 8.76. The number of anilines is 1. The van der Waals surface area contributed by atoms with Gasteiger partial charge in [-0.25, -0.2) is 9.69 Å². The molecule has 2 atom stereocenters. The third-order valence-corrected chi connectivity index (χ3v) is 7.22. The van der Waals surface area contributed by atoms with Crippen LogP contribution < -0.4 is 10.2 Å². The summed E-state index contributed by atoms with van der Waals surface area (Å²) >= 11 is 15.8. The quantitative estimate of drug-likeness (QED) is 0.419. The molecule has 1 spiro atoms. The first-order valence-corrected chi connectivity index (χ1v) is 12.1.